The summed E-state index contributed by atoms with van der Waals surface area (Å²) in [7, 11) is -1.34. The predicted octanol–water partition coefficient (Wildman–Crippen LogP) is 2.82. The Bertz CT molecular complexity index is 574. The first kappa shape index (κ1) is 26.1. The molecule has 0 saturated heterocycles. The minimum atomic E-state index is -3.45. The highest BCUT2D eigenvalue weighted by Crippen LogP contribution is 2.27. The number of likely N-dealkylation sites (N-methyl/N-ethyl adjacent to an activating group) is 1. The Morgan fingerprint density at radius 3 is 2.38 bits per heavy atom. The van der Waals surface area contributed by atoms with Crippen molar-refractivity contribution in [3.63, 3.8) is 0 Å². The van der Waals surface area contributed by atoms with Crippen LogP contribution in [0.4, 0.5) is 0 Å². The first-order valence-corrected chi connectivity index (χ1v) is 12.7. The lowest BCUT2D eigenvalue weighted by Gasteiger charge is -2.34. The zero-order chi connectivity index (χ0) is 21.7. The minimum absolute atomic E-state index is 0.151. The number of sulfonamides is 1. The van der Waals surface area contributed by atoms with E-state index >= 15 is 0 Å². The molecule has 1 saturated carbocycles. The van der Waals surface area contributed by atoms with E-state index in [1.54, 1.807) is 6.92 Å². The molecule has 1 fully saturated rings. The smallest absolute Gasteiger partial charge is 0.321 e. The zero-order valence-electron chi connectivity index (χ0n) is 18.5. The Balaban J connectivity index is 2.24. The number of carbonyl (C=O) groups is 1. The van der Waals surface area contributed by atoms with Gasteiger partial charge in [0.15, 0.2) is 0 Å². The molecule has 0 heterocycles. The van der Waals surface area contributed by atoms with Crippen molar-refractivity contribution in [3.8, 4) is 0 Å². The number of nitrogens with zero attached hydrogens (tertiary/aromatic N) is 2. The number of carbonyl (C=O) groups excluding carboxylic acids is 1. The summed E-state index contributed by atoms with van der Waals surface area (Å²) in [5.41, 5.74) is 0. The van der Waals surface area contributed by atoms with Crippen molar-refractivity contribution in [1.82, 2.24) is 9.21 Å². The summed E-state index contributed by atoms with van der Waals surface area (Å²) in [6.45, 7) is 8.30. The fourth-order valence-electron chi connectivity index (χ4n) is 3.75. The van der Waals surface area contributed by atoms with Crippen LogP contribution in [0.2, 0.25) is 0 Å². The molecule has 170 valence electrons. The maximum Gasteiger partial charge on any atom is 0.321 e. The molecule has 0 bridgehead atoms. The van der Waals surface area contributed by atoms with Gasteiger partial charge in [-0.3, -0.25) is 4.79 Å². The molecule has 0 aromatic carbocycles. The number of esters is 1. The van der Waals surface area contributed by atoms with Gasteiger partial charge in [0, 0.05) is 19.2 Å². The SMILES string of the molecule is C=CCN(C)CCCCCCOC1CCC(N(CC(=O)OCC)S(C)(=O)=O)CC1. The highest BCUT2D eigenvalue weighted by atomic mass is 32.2. The normalized spacial score (nSPS) is 20.2. The van der Waals surface area contributed by atoms with Crippen LogP contribution in [0.25, 0.3) is 0 Å². The Hall–Kier alpha value is -0.960. The zero-order valence-corrected chi connectivity index (χ0v) is 19.3. The fraction of sp³-hybridized carbons (Fsp3) is 0.857. The van der Waals surface area contributed by atoms with Crippen LogP contribution in [0.1, 0.15) is 58.3 Å². The van der Waals surface area contributed by atoms with Crippen LogP contribution in [0.15, 0.2) is 12.7 Å². The molecule has 0 N–H and O–H groups in total. The van der Waals surface area contributed by atoms with E-state index in [1.807, 2.05) is 6.08 Å². The maximum atomic E-state index is 12.1. The summed E-state index contributed by atoms with van der Waals surface area (Å²) in [6.07, 6.45) is 11.0. The Labute approximate surface area is 177 Å². The van der Waals surface area contributed by atoms with Crippen molar-refractivity contribution >= 4 is 16.0 Å². The number of rotatable bonds is 15. The molecule has 1 aliphatic rings. The number of hydrogen-bond acceptors (Lipinski definition) is 6. The number of hydrogen-bond donors (Lipinski definition) is 0. The highest BCUT2D eigenvalue weighted by molar-refractivity contribution is 7.88. The van der Waals surface area contributed by atoms with Crippen LogP contribution in [0, 0.1) is 0 Å². The minimum Gasteiger partial charge on any atom is -0.465 e. The van der Waals surface area contributed by atoms with E-state index in [4.69, 9.17) is 9.47 Å². The first-order valence-electron chi connectivity index (χ1n) is 10.8. The van der Waals surface area contributed by atoms with E-state index in [2.05, 4.69) is 18.5 Å². The van der Waals surface area contributed by atoms with E-state index < -0.39 is 16.0 Å². The fourth-order valence-corrected chi connectivity index (χ4v) is 4.84. The Kier molecular flexibility index (Phi) is 12.7. The highest BCUT2D eigenvalue weighted by Gasteiger charge is 2.32. The second kappa shape index (κ2) is 14.1. The van der Waals surface area contributed by atoms with Gasteiger partial charge in [-0.15, -0.1) is 6.58 Å². The second-order valence-corrected chi connectivity index (χ2v) is 9.81. The van der Waals surface area contributed by atoms with Crippen LogP contribution in [0.3, 0.4) is 0 Å². The largest absolute Gasteiger partial charge is 0.465 e. The van der Waals surface area contributed by atoms with Crippen LogP contribution in [0.5, 0.6) is 0 Å². The maximum absolute atomic E-state index is 12.1. The number of ether oxygens (including phenoxy) is 2. The molecule has 0 radical (unpaired) electrons. The van der Waals surface area contributed by atoms with E-state index in [9.17, 15) is 13.2 Å². The van der Waals surface area contributed by atoms with Gasteiger partial charge in [-0.25, -0.2) is 8.42 Å². The summed E-state index contributed by atoms with van der Waals surface area (Å²) in [6, 6.07) is -0.151. The van der Waals surface area contributed by atoms with E-state index in [-0.39, 0.29) is 25.3 Å². The lowest BCUT2D eigenvalue weighted by atomic mass is 9.93. The molecular formula is C21H40N2O5S. The molecule has 0 unspecified atom stereocenters. The predicted molar refractivity (Wildman–Crippen MR) is 116 cm³/mol. The molecule has 0 amide bonds. The van der Waals surface area contributed by atoms with Crippen molar-refractivity contribution in [2.24, 2.45) is 0 Å². The van der Waals surface area contributed by atoms with Gasteiger partial charge in [0.2, 0.25) is 10.0 Å². The van der Waals surface area contributed by atoms with Crippen LogP contribution < -0.4 is 0 Å². The molecule has 7 nitrogen and oxygen atoms in total. The van der Waals surface area contributed by atoms with E-state index in [1.165, 1.54) is 23.6 Å². The lowest BCUT2D eigenvalue weighted by Crippen LogP contribution is -2.45. The Morgan fingerprint density at radius 1 is 1.14 bits per heavy atom. The average Bonchev–Trinajstić information content (AvgIpc) is 2.65. The van der Waals surface area contributed by atoms with Gasteiger partial charge in [0.25, 0.3) is 0 Å². The molecule has 1 aliphatic carbocycles. The van der Waals surface area contributed by atoms with Gasteiger partial charge in [0.05, 0.1) is 19.0 Å². The van der Waals surface area contributed by atoms with Crippen LogP contribution >= 0.6 is 0 Å². The van der Waals surface area contributed by atoms with Gasteiger partial charge in [-0.05, 0) is 59.0 Å². The van der Waals surface area contributed by atoms with Crippen LogP contribution in [-0.2, 0) is 24.3 Å². The molecule has 8 heteroatoms. The lowest BCUT2D eigenvalue weighted by molar-refractivity contribution is -0.143. The summed E-state index contributed by atoms with van der Waals surface area (Å²) in [5.74, 6) is -0.494. The standard InChI is InChI=1S/C21H40N2O5S/c1-5-15-22(3)16-9-7-8-10-17-28-20-13-11-19(12-14-20)23(29(4,25)26)18-21(24)27-6-2/h5,19-20H,1,6-18H2,2-4H3. The molecule has 0 aliphatic heterocycles. The quantitative estimate of drug-likeness (QED) is 0.225. The Morgan fingerprint density at radius 2 is 1.79 bits per heavy atom. The molecule has 0 aromatic heterocycles. The van der Waals surface area contributed by atoms with Crippen molar-refractivity contribution in [3.05, 3.63) is 12.7 Å². The van der Waals surface area contributed by atoms with E-state index in [0.29, 0.717) is 12.8 Å². The van der Waals surface area contributed by atoms with Crippen molar-refractivity contribution < 1.29 is 22.7 Å². The van der Waals surface area contributed by atoms with Gasteiger partial charge >= 0.3 is 5.97 Å². The molecule has 0 atom stereocenters. The van der Waals surface area contributed by atoms with Gasteiger partial charge in [0.1, 0.15) is 6.54 Å². The third kappa shape index (κ3) is 11.1. The van der Waals surface area contributed by atoms with Crippen molar-refractivity contribution in [2.75, 3.05) is 46.2 Å². The summed E-state index contributed by atoms with van der Waals surface area (Å²) in [4.78, 5) is 14.0. The summed E-state index contributed by atoms with van der Waals surface area (Å²) in [5, 5.41) is 0. The topological polar surface area (TPSA) is 76.2 Å². The van der Waals surface area contributed by atoms with E-state index in [0.717, 1.165) is 45.2 Å². The first-order chi connectivity index (χ1) is 13.8. The third-order valence-electron chi connectivity index (χ3n) is 5.30. The van der Waals surface area contributed by atoms with Crippen LogP contribution in [-0.4, -0.2) is 81.9 Å². The third-order valence-corrected chi connectivity index (χ3v) is 6.57. The monoisotopic (exact) mass is 432 g/mol. The molecule has 0 spiro atoms. The second-order valence-electron chi connectivity index (χ2n) is 7.88. The van der Waals surface area contributed by atoms with Gasteiger partial charge in [-0.1, -0.05) is 18.9 Å². The summed E-state index contributed by atoms with van der Waals surface area (Å²) < 4.78 is 36.4. The van der Waals surface area contributed by atoms with Crippen molar-refractivity contribution in [1.29, 1.82) is 0 Å². The molecule has 1 rings (SSSR count). The molecule has 29 heavy (non-hydrogen) atoms. The van der Waals surface area contributed by atoms with Crippen molar-refractivity contribution in [2.45, 2.75) is 70.4 Å². The van der Waals surface area contributed by atoms with Gasteiger partial charge < -0.3 is 14.4 Å². The molecular weight excluding hydrogens is 392 g/mol. The number of unbranched alkanes of at least 4 members (excludes halogenated alkanes) is 3. The van der Waals surface area contributed by atoms with Gasteiger partial charge in [-0.2, -0.15) is 4.31 Å². The molecule has 0 aromatic rings. The average molecular weight is 433 g/mol. The summed E-state index contributed by atoms with van der Waals surface area (Å²) >= 11 is 0.